The van der Waals surface area contributed by atoms with Gasteiger partial charge in [-0.05, 0) is 123 Å². The number of primary amides is 1. The number of carbonyl (C=O) groups is 8. The summed E-state index contributed by atoms with van der Waals surface area (Å²) in [7, 11) is -3.38. The number of rotatable bonds is 30. The number of nitrogens with one attached hydrogen (secondary N) is 10. The number of aliphatic hydroxyl groups excluding tert-OH is 6. The van der Waals surface area contributed by atoms with Gasteiger partial charge in [-0.2, -0.15) is 0 Å². The van der Waals surface area contributed by atoms with Crippen molar-refractivity contribution in [3.63, 3.8) is 0 Å². The monoisotopic (exact) mass is 1750 g/mol. The summed E-state index contributed by atoms with van der Waals surface area (Å²) < 4.78 is 51.4. The molecule has 2 fully saturated rings. The summed E-state index contributed by atoms with van der Waals surface area (Å²) in [5.74, 6) is -17.1. The van der Waals surface area contributed by atoms with Gasteiger partial charge in [0.1, 0.15) is 89.5 Å². The van der Waals surface area contributed by atoms with Crippen LogP contribution in [-0.2, 0) is 63.7 Å². The number of hydrogen-bond donors (Lipinski definition) is 23. The molecule has 662 valence electrons. The van der Waals surface area contributed by atoms with E-state index in [-0.39, 0.29) is 40.7 Å². The second-order valence-electron chi connectivity index (χ2n) is 31.3. The van der Waals surface area contributed by atoms with Crippen molar-refractivity contribution < 1.29 is 132 Å². The Bertz CT molecular complexity index is 4650. The molecule has 0 radical (unpaired) electrons. The van der Waals surface area contributed by atoms with Crippen molar-refractivity contribution in [2.45, 2.75) is 221 Å². The highest BCUT2D eigenvalue weighted by Crippen LogP contribution is 2.51. The number of aromatic hydroxyl groups is 3. The second kappa shape index (κ2) is 41.4. The number of amides is 7. The Morgan fingerprint density at radius 3 is 1.91 bits per heavy atom. The Hall–Kier alpha value is -9.13. The van der Waals surface area contributed by atoms with Gasteiger partial charge in [0.15, 0.2) is 29.9 Å². The van der Waals surface area contributed by atoms with Crippen molar-refractivity contribution in [2.24, 2.45) is 11.7 Å². The predicted molar refractivity (Wildman–Crippen MR) is 432 cm³/mol. The molecular weight excluding hydrogens is 1650 g/mol. The first-order valence-electron chi connectivity index (χ1n) is 39.7. The zero-order valence-electron chi connectivity index (χ0n) is 67.1. The maximum Gasteiger partial charge on any atom is 0.339 e. The Morgan fingerprint density at radius 1 is 0.694 bits per heavy atom. The number of halogens is 2. The molecule has 5 aromatic carbocycles. The van der Waals surface area contributed by atoms with Crippen LogP contribution in [0.2, 0.25) is 10.0 Å². The van der Waals surface area contributed by atoms with Gasteiger partial charge in [0.25, 0.3) is 0 Å². The number of nitrogens with two attached hydrogens (primary N) is 1. The number of carbonyl (C=O) groups excluding carboxylic acids is 7. The number of benzene rings is 5. The first kappa shape index (κ1) is 94.1. The lowest BCUT2D eigenvalue weighted by atomic mass is 9.85. The molecule has 0 saturated carbocycles. The summed E-state index contributed by atoms with van der Waals surface area (Å²) in [4.78, 5) is 138. The molecular formula is C80H106Cl2N11O27P. The topological polar surface area (TPSA) is 598 Å². The van der Waals surface area contributed by atoms with Gasteiger partial charge in [-0.3, -0.25) is 38.1 Å². The Balaban J connectivity index is 1.17. The molecule has 2 saturated heterocycles. The van der Waals surface area contributed by atoms with E-state index in [1.807, 2.05) is 13.8 Å². The lowest BCUT2D eigenvalue weighted by Crippen LogP contribution is -2.65. The molecule has 41 heteroatoms. The maximum atomic E-state index is 16.3. The molecule has 18 atom stereocenters. The average Bonchev–Trinajstić information content (AvgIpc) is 1.36. The minimum Gasteiger partial charge on any atom is -0.507 e. The average molecular weight is 1760 g/mol. The number of phenolic OH excluding ortho intramolecular Hbond substituents is 3. The van der Waals surface area contributed by atoms with E-state index < -0.39 is 269 Å². The molecule has 0 aromatic heterocycles. The molecule has 24 N–H and O–H groups in total. The molecule has 0 aliphatic carbocycles. The van der Waals surface area contributed by atoms with Gasteiger partial charge in [-0.15, -0.1) is 0 Å². The predicted octanol–water partition coefficient (Wildman–Crippen LogP) is 2.69. The van der Waals surface area contributed by atoms with Crippen molar-refractivity contribution in [3.05, 3.63) is 116 Å². The molecule has 7 heterocycles. The highest BCUT2D eigenvalue weighted by atomic mass is 35.5. The molecule has 7 aliphatic rings. The van der Waals surface area contributed by atoms with E-state index in [9.17, 15) is 79.8 Å². The van der Waals surface area contributed by atoms with Crippen LogP contribution in [0, 0.1) is 5.92 Å². The van der Waals surface area contributed by atoms with Crippen LogP contribution in [0.25, 0.3) is 11.1 Å². The summed E-state index contributed by atoms with van der Waals surface area (Å²) >= 11 is 14.3. The molecule has 7 aliphatic heterocycles. The highest BCUT2D eigenvalue weighted by molar-refractivity contribution is 7.51. The third-order valence-corrected chi connectivity index (χ3v) is 22.9. The zero-order valence-corrected chi connectivity index (χ0v) is 69.5. The smallest absolute Gasteiger partial charge is 0.339 e. The maximum absolute atomic E-state index is 16.3. The van der Waals surface area contributed by atoms with E-state index in [0.717, 1.165) is 86.5 Å². The molecule has 121 heavy (non-hydrogen) atoms. The molecule has 0 spiro atoms. The van der Waals surface area contributed by atoms with E-state index >= 15 is 24.0 Å². The number of aliphatic hydroxyl groups is 6. The van der Waals surface area contributed by atoms with E-state index in [4.69, 9.17) is 57.4 Å². The fourth-order valence-corrected chi connectivity index (χ4v) is 16.0. The van der Waals surface area contributed by atoms with Crippen LogP contribution in [0.15, 0.2) is 72.8 Å². The fraction of sp³-hybridized carbons (Fsp3) is 0.525. The summed E-state index contributed by atoms with van der Waals surface area (Å²) in [5.41, 5.74) is 0.545. The Labute approximate surface area is 705 Å². The van der Waals surface area contributed by atoms with Crippen molar-refractivity contribution in [3.8, 4) is 57.1 Å². The number of unbranched alkanes of at least 4 members (excludes halogenated alkanes) is 7. The van der Waals surface area contributed by atoms with Crippen molar-refractivity contribution in [2.75, 3.05) is 39.6 Å². The van der Waals surface area contributed by atoms with Crippen LogP contribution in [0.3, 0.4) is 0 Å². The lowest BCUT2D eigenvalue weighted by Gasteiger charge is -2.48. The third kappa shape index (κ3) is 23.0. The number of carboxylic acid groups (broad SMARTS) is 1. The van der Waals surface area contributed by atoms with Gasteiger partial charge in [0.2, 0.25) is 53.4 Å². The van der Waals surface area contributed by atoms with Crippen LogP contribution in [0.1, 0.15) is 169 Å². The standard InChI is InChI=1S/C80H106Cl2N11O27P/c1-7-8-9-10-11-12-13-14-21-85-22-23-87-80(5)32-57(115-37(4)71(80)103)119-70-68(102)67(101)55(34-94)118-79(70)120-69-53-28-41-29-54(69)117-52-20-17-40(27-46(52)82)65(99)63-77(109)91-61(78(110)111)43-30-50(96)44(33-86-35-121(112,113)114)66(100)58(43)42-25-38(15-18-49(42)95)59(74(106)93-63)90-75(107)60(41)89-73(105)48(31-56(83)97)88-76(108)62(92-72(104)47(84-6)24-36(2)3)64(98)39-16-19-51(116-53)45(81)26-39/h15-20,25-30,36-37,47-48,55,57,59-65,67-68,70-71,79,84-87,94-96,98-103H,7-14,21-24,31-35H2,1-6H3,(H2,83,97)(H,88,108)(H,89,105)(H,90,107)(H,91,109)(H,92,104)(H,93,106)(H,110,111)(H2,112,113,114)/t37?,47-,48+,55?,57?,59-,60-,61+,62-,63?,64-,65-,67?,68?,70?,71?,79?,80?/m1/s1. The minimum atomic E-state index is -4.85. The first-order valence-corrected chi connectivity index (χ1v) is 42.3. The molecule has 7 amide bonds. The van der Waals surface area contributed by atoms with Crippen LogP contribution in [0.4, 0.5) is 0 Å². The van der Waals surface area contributed by atoms with E-state index in [0.29, 0.717) is 13.1 Å². The summed E-state index contributed by atoms with van der Waals surface area (Å²) in [6.07, 6.45) is -10.6. The SMILES string of the molecule is CCCCCCCCCCNCCNC1(C)CC(OC2C(Oc3c4cc5cc3Oc3ccc(cc3Cl)[C@@H](O)[C@@H](NC(=O)[C@@H](CC(C)C)NC)C(=O)N[C@@H](CC(N)=O)C(=O)N[C@H]5C(=O)N[C@H]3C(=O)NC(C(=O)N[C@H](C(=O)O)c5cc(O)c(CNCP(=O)(O)O)c(O)c5-c5cc3ccc5O)[C@H](O)c3ccc(c(Cl)c3)O4)OC(CO)C(O)C2O)OC(C)C1O. The lowest BCUT2D eigenvalue weighted by molar-refractivity contribution is -0.334. The summed E-state index contributed by atoms with van der Waals surface area (Å²) in [6, 6.07) is -2.39. The summed E-state index contributed by atoms with van der Waals surface area (Å²) in [6.45, 7) is 8.98. The van der Waals surface area contributed by atoms with Gasteiger partial charge < -0.3 is 148 Å². The molecule has 12 rings (SSSR count). The van der Waals surface area contributed by atoms with Crippen molar-refractivity contribution in [1.29, 1.82) is 0 Å². The third-order valence-electron chi connectivity index (χ3n) is 21.7. The van der Waals surface area contributed by atoms with Crippen molar-refractivity contribution >= 4 is 78.1 Å². The largest absolute Gasteiger partial charge is 0.507 e. The van der Waals surface area contributed by atoms with Gasteiger partial charge in [-0.1, -0.05) is 107 Å². The minimum absolute atomic E-state index is 0.123. The number of likely N-dealkylation sites (N-methyl/N-ethyl adjacent to an activating group) is 1. The second-order valence-corrected chi connectivity index (χ2v) is 33.7. The fourth-order valence-electron chi connectivity index (χ4n) is 15.2. The van der Waals surface area contributed by atoms with Gasteiger partial charge >= 0.3 is 13.6 Å². The number of aliphatic carboxylic acids is 1. The molecule has 11 bridgehead atoms. The van der Waals surface area contributed by atoms with E-state index in [2.05, 4.69) is 60.1 Å². The number of fused-ring (bicyclic) bond motifs is 15. The van der Waals surface area contributed by atoms with Gasteiger partial charge in [0, 0.05) is 48.3 Å². The number of carboxylic acids is 1. The molecule has 38 nitrogen and oxygen atoms in total. The summed E-state index contributed by atoms with van der Waals surface area (Å²) in [5, 5.41) is 144. The number of phenols is 3. The van der Waals surface area contributed by atoms with Crippen LogP contribution in [-0.4, -0.2) is 227 Å². The Morgan fingerprint density at radius 2 is 1.31 bits per heavy atom. The quantitative estimate of drug-likeness (QED) is 0.0232. The highest BCUT2D eigenvalue weighted by Gasteiger charge is 2.52. The van der Waals surface area contributed by atoms with E-state index in [1.165, 1.54) is 51.3 Å². The van der Waals surface area contributed by atoms with Crippen molar-refractivity contribution in [1.82, 2.24) is 53.2 Å². The number of hydrogen-bond acceptors (Lipinski definition) is 28. The van der Waals surface area contributed by atoms with Crippen LogP contribution < -0.4 is 73.1 Å². The first-order chi connectivity index (χ1) is 57.3. The van der Waals surface area contributed by atoms with Crippen LogP contribution in [0.5, 0.6) is 46.0 Å². The molecule has 10 unspecified atom stereocenters. The molecule has 5 aromatic rings. The van der Waals surface area contributed by atoms with Crippen LogP contribution >= 0.6 is 30.8 Å². The van der Waals surface area contributed by atoms with E-state index in [1.54, 1.807) is 13.8 Å². The van der Waals surface area contributed by atoms with Gasteiger partial charge in [-0.25, -0.2) is 4.79 Å². The normalized spacial score (nSPS) is 26.7. The zero-order chi connectivity index (χ0) is 88.2. The number of ether oxygens (including phenoxy) is 6. The Kier molecular flexibility index (Phi) is 32.2. The van der Waals surface area contributed by atoms with Gasteiger partial charge in [0.05, 0.1) is 53.2 Å².